The maximum atomic E-state index is 12.3. The summed E-state index contributed by atoms with van der Waals surface area (Å²) in [5.41, 5.74) is 2.34. The van der Waals surface area contributed by atoms with Gasteiger partial charge in [-0.2, -0.15) is 0 Å². The zero-order valence-electron chi connectivity index (χ0n) is 15.8. The van der Waals surface area contributed by atoms with Gasteiger partial charge in [-0.25, -0.2) is 0 Å². The number of hydrogen-bond donors (Lipinski definition) is 2. The van der Waals surface area contributed by atoms with Crippen molar-refractivity contribution in [3.63, 3.8) is 0 Å². The van der Waals surface area contributed by atoms with E-state index in [-0.39, 0.29) is 18.6 Å². The third-order valence-electron chi connectivity index (χ3n) is 4.63. The zero-order chi connectivity index (χ0) is 19.2. The maximum Gasteiger partial charge on any atom is 0.223 e. The van der Waals surface area contributed by atoms with Gasteiger partial charge in [0.25, 0.3) is 0 Å². The maximum absolute atomic E-state index is 12.3. The molecular weight excluding hydrogens is 344 g/mol. The van der Waals surface area contributed by atoms with Gasteiger partial charge in [0.1, 0.15) is 0 Å². The number of aliphatic hydroxyl groups is 1. The van der Waals surface area contributed by atoms with Gasteiger partial charge in [0.05, 0.1) is 6.61 Å². The van der Waals surface area contributed by atoms with E-state index >= 15 is 0 Å². The second-order valence-electron chi connectivity index (χ2n) is 6.85. The monoisotopic (exact) mass is 370 g/mol. The summed E-state index contributed by atoms with van der Waals surface area (Å²) in [5.74, 6) is 1.04. The summed E-state index contributed by atoms with van der Waals surface area (Å²) < 4.78 is 5.69. The Balaban J connectivity index is 1.53. The van der Waals surface area contributed by atoms with Gasteiger partial charge in [-0.3, -0.25) is 4.79 Å². The number of carbonyl (C=O) groups is 1. The molecule has 2 N–H and O–H groups in total. The summed E-state index contributed by atoms with van der Waals surface area (Å²) in [5, 5.41) is 18.5. The van der Waals surface area contributed by atoms with Gasteiger partial charge in [-0.05, 0) is 31.9 Å². The lowest BCUT2D eigenvalue weighted by Crippen LogP contribution is -2.39. The standard InChI is InChI=1S/C20H26N4O3/c1-14(2)24(11-12-25)20(26)10-9-19-23-22-18(27-19)8-7-15-13-21-17-6-4-3-5-16(15)17/h3-6,13-14,21,25H,7-12H2,1-2H3. The highest BCUT2D eigenvalue weighted by Crippen LogP contribution is 2.19. The van der Waals surface area contributed by atoms with Crippen LogP contribution in [0.3, 0.4) is 0 Å². The molecule has 1 amide bonds. The molecule has 0 aliphatic heterocycles. The number of aliphatic hydroxyl groups excluding tert-OH is 1. The average Bonchev–Trinajstić information content (AvgIpc) is 3.29. The van der Waals surface area contributed by atoms with Crippen LogP contribution in [0.1, 0.15) is 37.6 Å². The van der Waals surface area contributed by atoms with Gasteiger partial charge in [0.15, 0.2) is 0 Å². The molecule has 2 aromatic heterocycles. The second-order valence-corrected chi connectivity index (χ2v) is 6.85. The Hall–Kier alpha value is -2.67. The number of aromatic amines is 1. The fourth-order valence-corrected chi connectivity index (χ4v) is 3.21. The van der Waals surface area contributed by atoms with Gasteiger partial charge in [0, 0.05) is 48.9 Å². The first-order chi connectivity index (χ1) is 13.1. The summed E-state index contributed by atoms with van der Waals surface area (Å²) in [6.45, 7) is 4.17. The number of amides is 1. The molecule has 7 nitrogen and oxygen atoms in total. The number of aromatic nitrogens is 3. The van der Waals surface area contributed by atoms with Crippen molar-refractivity contribution < 1.29 is 14.3 Å². The summed E-state index contributed by atoms with van der Waals surface area (Å²) >= 11 is 0. The van der Waals surface area contributed by atoms with E-state index in [9.17, 15) is 4.79 Å². The van der Waals surface area contributed by atoms with Crippen LogP contribution in [0.25, 0.3) is 10.9 Å². The quantitative estimate of drug-likeness (QED) is 0.603. The minimum atomic E-state index is -0.0392. The number of benzene rings is 1. The van der Waals surface area contributed by atoms with Crippen molar-refractivity contribution in [3.8, 4) is 0 Å². The summed E-state index contributed by atoms with van der Waals surface area (Å²) in [6, 6.07) is 8.24. The van der Waals surface area contributed by atoms with Crippen molar-refractivity contribution in [2.75, 3.05) is 13.2 Å². The number of carbonyl (C=O) groups excluding carboxylic acids is 1. The highest BCUT2D eigenvalue weighted by Gasteiger charge is 2.17. The molecule has 0 saturated heterocycles. The normalized spacial score (nSPS) is 11.4. The van der Waals surface area contributed by atoms with Crippen molar-refractivity contribution in [2.45, 2.75) is 45.6 Å². The smallest absolute Gasteiger partial charge is 0.223 e. The van der Waals surface area contributed by atoms with Crippen molar-refractivity contribution in [1.82, 2.24) is 20.1 Å². The lowest BCUT2D eigenvalue weighted by molar-refractivity contribution is -0.133. The van der Waals surface area contributed by atoms with Crippen molar-refractivity contribution in [1.29, 1.82) is 0 Å². The molecule has 0 fully saturated rings. The van der Waals surface area contributed by atoms with Crippen LogP contribution >= 0.6 is 0 Å². The summed E-state index contributed by atoms with van der Waals surface area (Å²) in [4.78, 5) is 17.2. The predicted molar refractivity (Wildman–Crippen MR) is 102 cm³/mol. The molecule has 27 heavy (non-hydrogen) atoms. The lowest BCUT2D eigenvalue weighted by Gasteiger charge is -2.25. The minimum Gasteiger partial charge on any atom is -0.425 e. The Kier molecular flexibility index (Phi) is 6.24. The molecule has 0 radical (unpaired) electrons. The Morgan fingerprint density at radius 3 is 2.67 bits per heavy atom. The molecule has 1 aromatic carbocycles. The lowest BCUT2D eigenvalue weighted by atomic mass is 10.1. The molecule has 0 saturated carbocycles. The molecule has 0 aliphatic rings. The Morgan fingerprint density at radius 2 is 1.93 bits per heavy atom. The van der Waals surface area contributed by atoms with Crippen LogP contribution in [-0.4, -0.2) is 50.3 Å². The van der Waals surface area contributed by atoms with E-state index in [4.69, 9.17) is 9.52 Å². The predicted octanol–water partition coefficient (Wildman–Crippen LogP) is 2.50. The van der Waals surface area contributed by atoms with E-state index in [0.29, 0.717) is 37.6 Å². The summed E-state index contributed by atoms with van der Waals surface area (Å²) in [7, 11) is 0. The highest BCUT2D eigenvalue weighted by molar-refractivity contribution is 5.83. The van der Waals surface area contributed by atoms with Crippen LogP contribution in [0.2, 0.25) is 0 Å². The van der Waals surface area contributed by atoms with Gasteiger partial charge in [-0.15, -0.1) is 10.2 Å². The number of H-pyrrole nitrogens is 1. The van der Waals surface area contributed by atoms with Gasteiger partial charge < -0.3 is 19.4 Å². The van der Waals surface area contributed by atoms with Crippen LogP contribution in [-0.2, 0) is 24.1 Å². The molecule has 144 valence electrons. The van der Waals surface area contributed by atoms with Crippen LogP contribution in [0.15, 0.2) is 34.9 Å². The molecule has 0 bridgehead atoms. The first-order valence-corrected chi connectivity index (χ1v) is 9.35. The largest absolute Gasteiger partial charge is 0.425 e. The molecule has 2 heterocycles. The number of fused-ring (bicyclic) bond motifs is 1. The van der Waals surface area contributed by atoms with E-state index < -0.39 is 0 Å². The third-order valence-corrected chi connectivity index (χ3v) is 4.63. The Morgan fingerprint density at radius 1 is 1.19 bits per heavy atom. The number of rotatable bonds is 9. The van der Waals surface area contributed by atoms with E-state index in [1.54, 1.807) is 4.90 Å². The van der Waals surface area contributed by atoms with Crippen LogP contribution in [0, 0.1) is 0 Å². The van der Waals surface area contributed by atoms with Gasteiger partial charge in [-0.1, -0.05) is 18.2 Å². The molecule has 3 aromatic rings. The van der Waals surface area contributed by atoms with E-state index in [2.05, 4.69) is 27.3 Å². The van der Waals surface area contributed by atoms with Crippen molar-refractivity contribution in [3.05, 3.63) is 47.8 Å². The van der Waals surface area contributed by atoms with Gasteiger partial charge >= 0.3 is 0 Å². The first-order valence-electron chi connectivity index (χ1n) is 9.35. The first kappa shape index (κ1) is 19.1. The van der Waals surface area contributed by atoms with Crippen LogP contribution in [0.4, 0.5) is 0 Å². The number of aryl methyl sites for hydroxylation is 3. The van der Waals surface area contributed by atoms with Crippen LogP contribution in [0.5, 0.6) is 0 Å². The number of nitrogens with zero attached hydrogens (tertiary/aromatic N) is 3. The summed E-state index contributed by atoms with van der Waals surface area (Å²) in [6.07, 6.45) is 4.19. The minimum absolute atomic E-state index is 0.0161. The fraction of sp³-hybridized carbons (Fsp3) is 0.450. The van der Waals surface area contributed by atoms with Crippen LogP contribution < -0.4 is 0 Å². The van der Waals surface area contributed by atoms with E-state index in [0.717, 1.165) is 11.9 Å². The van der Waals surface area contributed by atoms with Crippen molar-refractivity contribution >= 4 is 16.8 Å². The highest BCUT2D eigenvalue weighted by atomic mass is 16.4. The zero-order valence-corrected chi connectivity index (χ0v) is 15.8. The average molecular weight is 370 g/mol. The fourth-order valence-electron chi connectivity index (χ4n) is 3.21. The van der Waals surface area contributed by atoms with Crippen molar-refractivity contribution in [2.24, 2.45) is 0 Å². The Bertz CT molecular complexity index is 884. The number of para-hydroxylation sites is 1. The molecule has 3 rings (SSSR count). The molecule has 0 spiro atoms. The number of nitrogens with one attached hydrogen (secondary N) is 1. The van der Waals surface area contributed by atoms with E-state index in [1.807, 2.05) is 32.2 Å². The van der Waals surface area contributed by atoms with Gasteiger partial charge in [0.2, 0.25) is 17.7 Å². The third kappa shape index (κ3) is 4.74. The molecule has 0 unspecified atom stereocenters. The molecular formula is C20H26N4O3. The molecule has 7 heteroatoms. The molecule has 0 aliphatic carbocycles. The Labute approximate surface area is 158 Å². The van der Waals surface area contributed by atoms with E-state index in [1.165, 1.54) is 10.9 Å². The number of hydrogen-bond acceptors (Lipinski definition) is 5. The molecule has 0 atom stereocenters. The SMILES string of the molecule is CC(C)N(CCO)C(=O)CCc1nnc(CCc2c[nH]c3ccccc23)o1. The second kappa shape index (κ2) is 8.81. The topological polar surface area (TPSA) is 95.2 Å².